The van der Waals surface area contributed by atoms with Crippen LogP contribution in [0.1, 0.15) is 49.8 Å². The Hall–Kier alpha value is -1.55. The van der Waals surface area contributed by atoms with Crippen molar-refractivity contribution < 1.29 is 19.0 Å². The molecule has 4 heteroatoms. The highest BCUT2D eigenvalue weighted by atomic mass is 16.6. The first kappa shape index (κ1) is 14.4. The number of carbonyl (C=O) groups is 1. The molecule has 0 aromatic heterocycles. The minimum Gasteiger partial charge on any atom is -0.497 e. The zero-order valence-corrected chi connectivity index (χ0v) is 12.6. The van der Waals surface area contributed by atoms with Gasteiger partial charge in [0.05, 0.1) is 7.11 Å². The number of ether oxygens (including phenoxy) is 3. The molecule has 2 unspecified atom stereocenters. The first-order valence-corrected chi connectivity index (χ1v) is 7.75. The average Bonchev–Trinajstić information content (AvgIpc) is 3.16. The third-order valence-corrected chi connectivity index (χ3v) is 4.35. The van der Waals surface area contributed by atoms with Crippen molar-refractivity contribution in [2.75, 3.05) is 7.11 Å². The summed E-state index contributed by atoms with van der Waals surface area (Å²) in [4.78, 5) is 12.1. The monoisotopic (exact) mass is 290 g/mol. The van der Waals surface area contributed by atoms with Gasteiger partial charge >= 0.3 is 5.97 Å². The van der Waals surface area contributed by atoms with Gasteiger partial charge in [-0.1, -0.05) is 13.0 Å². The molecule has 0 bridgehead atoms. The Morgan fingerprint density at radius 3 is 2.76 bits per heavy atom. The van der Waals surface area contributed by atoms with Gasteiger partial charge in [0.1, 0.15) is 18.0 Å². The number of carbonyl (C=O) groups excluding carboxylic acids is 1. The van der Waals surface area contributed by atoms with E-state index in [1.54, 1.807) is 7.11 Å². The van der Waals surface area contributed by atoms with E-state index in [1.165, 1.54) is 0 Å². The number of esters is 1. The lowest BCUT2D eigenvalue weighted by Gasteiger charge is -2.10. The third kappa shape index (κ3) is 3.05. The highest BCUT2D eigenvalue weighted by Crippen LogP contribution is 2.42. The maximum Gasteiger partial charge on any atom is 0.338 e. The summed E-state index contributed by atoms with van der Waals surface area (Å²) in [6.07, 6.45) is 4.71. The second-order valence-corrected chi connectivity index (χ2v) is 5.74. The summed E-state index contributed by atoms with van der Waals surface area (Å²) in [7, 11) is 1.66. The molecule has 0 radical (unpaired) electrons. The molecule has 0 spiro atoms. The Morgan fingerprint density at radius 1 is 1.33 bits per heavy atom. The summed E-state index contributed by atoms with van der Waals surface area (Å²) in [6.45, 7) is 2.09. The number of methoxy groups -OCH3 is 1. The minimum atomic E-state index is -0.427. The molecule has 1 aliphatic heterocycles. The van der Waals surface area contributed by atoms with E-state index in [1.807, 2.05) is 18.2 Å². The van der Waals surface area contributed by atoms with Crippen LogP contribution in [0.2, 0.25) is 0 Å². The fourth-order valence-electron chi connectivity index (χ4n) is 3.06. The summed E-state index contributed by atoms with van der Waals surface area (Å²) in [5, 5.41) is 0. The van der Waals surface area contributed by atoms with Crippen molar-refractivity contribution in [1.29, 1.82) is 0 Å². The summed E-state index contributed by atoms with van der Waals surface area (Å²) >= 11 is 0. The zero-order chi connectivity index (χ0) is 14.8. The van der Waals surface area contributed by atoms with Crippen LogP contribution in [0.4, 0.5) is 0 Å². The van der Waals surface area contributed by atoms with Crippen LogP contribution in [0.25, 0.3) is 0 Å². The Balaban J connectivity index is 1.65. The topological polar surface area (TPSA) is 48.1 Å². The molecule has 2 aliphatic rings. The molecular weight excluding hydrogens is 268 g/mol. The van der Waals surface area contributed by atoms with E-state index in [-0.39, 0.29) is 18.2 Å². The molecule has 2 fully saturated rings. The predicted octanol–water partition coefficient (Wildman–Crippen LogP) is 3.18. The van der Waals surface area contributed by atoms with E-state index >= 15 is 0 Å². The van der Waals surface area contributed by atoms with E-state index in [2.05, 4.69) is 6.92 Å². The average molecular weight is 290 g/mol. The molecule has 1 aliphatic carbocycles. The largest absolute Gasteiger partial charge is 0.497 e. The second kappa shape index (κ2) is 6.06. The molecule has 1 aromatic carbocycles. The van der Waals surface area contributed by atoms with Gasteiger partial charge in [-0.05, 0) is 55.4 Å². The Bertz CT molecular complexity index is 520. The quantitative estimate of drug-likeness (QED) is 0.617. The van der Waals surface area contributed by atoms with Crippen LogP contribution >= 0.6 is 0 Å². The fourth-order valence-corrected chi connectivity index (χ4v) is 3.06. The zero-order valence-electron chi connectivity index (χ0n) is 12.6. The van der Waals surface area contributed by atoms with Crippen LogP contribution in [-0.4, -0.2) is 25.3 Å². The molecule has 0 amide bonds. The minimum absolute atomic E-state index is 0.101. The standard InChI is InChI=1S/C17H22O4/c1-3-11-10-13(19-2)8-9-14(11)15-16(21-15)17(18)20-12-6-4-5-7-12/h8-10,12,15-16H,3-7H2,1-2H3. The maximum atomic E-state index is 12.1. The molecule has 1 saturated carbocycles. The van der Waals surface area contributed by atoms with E-state index < -0.39 is 6.10 Å². The van der Waals surface area contributed by atoms with Crippen molar-refractivity contribution in [1.82, 2.24) is 0 Å². The van der Waals surface area contributed by atoms with E-state index in [0.717, 1.165) is 49.0 Å². The number of hydrogen-bond donors (Lipinski definition) is 0. The second-order valence-electron chi connectivity index (χ2n) is 5.74. The van der Waals surface area contributed by atoms with Gasteiger partial charge < -0.3 is 14.2 Å². The molecule has 21 heavy (non-hydrogen) atoms. The molecule has 1 aromatic rings. The number of epoxide rings is 1. The SMILES string of the molecule is CCc1cc(OC)ccc1C1OC1C(=O)OC1CCCC1. The Morgan fingerprint density at radius 2 is 2.10 bits per heavy atom. The lowest BCUT2D eigenvalue weighted by Crippen LogP contribution is -2.19. The van der Waals surface area contributed by atoms with Crippen molar-refractivity contribution >= 4 is 5.97 Å². The van der Waals surface area contributed by atoms with Crippen LogP contribution in [0, 0.1) is 0 Å². The van der Waals surface area contributed by atoms with Crippen LogP contribution in [0.5, 0.6) is 5.75 Å². The summed E-state index contributed by atoms with van der Waals surface area (Å²) in [6, 6.07) is 5.91. The highest BCUT2D eigenvalue weighted by Gasteiger charge is 2.48. The van der Waals surface area contributed by atoms with Crippen molar-refractivity contribution in [2.45, 2.75) is 57.3 Å². The van der Waals surface area contributed by atoms with Gasteiger partial charge in [-0.3, -0.25) is 0 Å². The van der Waals surface area contributed by atoms with Crippen molar-refractivity contribution in [2.24, 2.45) is 0 Å². The van der Waals surface area contributed by atoms with Crippen molar-refractivity contribution in [3.8, 4) is 5.75 Å². The van der Waals surface area contributed by atoms with Crippen LogP contribution < -0.4 is 4.74 Å². The molecular formula is C17H22O4. The lowest BCUT2D eigenvalue weighted by molar-refractivity contribution is -0.150. The van der Waals surface area contributed by atoms with Crippen LogP contribution in [-0.2, 0) is 20.7 Å². The summed E-state index contributed by atoms with van der Waals surface area (Å²) in [5.41, 5.74) is 2.24. The van der Waals surface area contributed by atoms with Gasteiger partial charge in [0, 0.05) is 0 Å². The third-order valence-electron chi connectivity index (χ3n) is 4.35. The number of rotatable bonds is 5. The first-order valence-electron chi connectivity index (χ1n) is 7.75. The van der Waals surface area contributed by atoms with Gasteiger partial charge in [-0.2, -0.15) is 0 Å². The molecule has 3 rings (SSSR count). The fraction of sp³-hybridized carbons (Fsp3) is 0.588. The van der Waals surface area contributed by atoms with Crippen molar-refractivity contribution in [3.05, 3.63) is 29.3 Å². The number of hydrogen-bond acceptors (Lipinski definition) is 4. The number of benzene rings is 1. The van der Waals surface area contributed by atoms with Gasteiger partial charge in [0.25, 0.3) is 0 Å². The molecule has 0 N–H and O–H groups in total. The maximum absolute atomic E-state index is 12.1. The van der Waals surface area contributed by atoms with Gasteiger partial charge in [-0.25, -0.2) is 4.79 Å². The Kier molecular flexibility index (Phi) is 4.15. The smallest absolute Gasteiger partial charge is 0.338 e. The van der Waals surface area contributed by atoms with Crippen LogP contribution in [0.15, 0.2) is 18.2 Å². The van der Waals surface area contributed by atoms with E-state index in [9.17, 15) is 4.79 Å². The molecule has 1 heterocycles. The normalized spacial score (nSPS) is 24.9. The van der Waals surface area contributed by atoms with E-state index in [0.29, 0.717) is 0 Å². The number of aryl methyl sites for hydroxylation is 1. The first-order chi connectivity index (χ1) is 10.2. The molecule has 2 atom stereocenters. The molecule has 4 nitrogen and oxygen atoms in total. The van der Waals surface area contributed by atoms with E-state index in [4.69, 9.17) is 14.2 Å². The van der Waals surface area contributed by atoms with Crippen LogP contribution in [0.3, 0.4) is 0 Å². The summed E-state index contributed by atoms with van der Waals surface area (Å²) < 4.78 is 16.3. The predicted molar refractivity (Wildman–Crippen MR) is 78.3 cm³/mol. The van der Waals surface area contributed by atoms with Crippen molar-refractivity contribution in [3.63, 3.8) is 0 Å². The highest BCUT2D eigenvalue weighted by molar-refractivity contribution is 5.78. The molecule has 114 valence electrons. The Labute approximate surface area is 125 Å². The van der Waals surface area contributed by atoms with Gasteiger partial charge in [0.2, 0.25) is 0 Å². The lowest BCUT2D eigenvalue weighted by atomic mass is 10.0. The van der Waals surface area contributed by atoms with Gasteiger partial charge in [0.15, 0.2) is 6.10 Å². The summed E-state index contributed by atoms with van der Waals surface area (Å²) in [5.74, 6) is 0.631. The van der Waals surface area contributed by atoms with Gasteiger partial charge in [-0.15, -0.1) is 0 Å². The molecule has 1 saturated heterocycles.